The number of rotatable bonds is 3. The van der Waals surface area contributed by atoms with Crippen molar-refractivity contribution < 1.29 is 4.79 Å². The molecule has 0 bridgehead atoms. The van der Waals surface area contributed by atoms with Crippen LogP contribution in [0.5, 0.6) is 0 Å². The largest absolute Gasteiger partial charge is 0.350 e. The topological polar surface area (TPSA) is 59.8 Å². The Labute approximate surface area is 129 Å². The van der Waals surface area contributed by atoms with Gasteiger partial charge in [0.25, 0.3) is 5.91 Å². The van der Waals surface area contributed by atoms with Crippen molar-refractivity contribution in [3.63, 3.8) is 0 Å². The molecule has 1 aromatic carbocycles. The number of amides is 1. The van der Waals surface area contributed by atoms with Gasteiger partial charge in [-0.1, -0.05) is 18.2 Å². The zero-order valence-corrected chi connectivity index (χ0v) is 12.9. The number of hydrogen-bond donors (Lipinski definition) is 1. The maximum absolute atomic E-state index is 12.5. The van der Waals surface area contributed by atoms with Gasteiger partial charge >= 0.3 is 0 Å². The number of benzene rings is 1. The van der Waals surface area contributed by atoms with Crippen LogP contribution >= 0.6 is 0 Å². The SMILES string of the molecule is CC(C)NC(=O)c1cc(-c2cnn(C)c2)nc2ccccc12. The summed E-state index contributed by atoms with van der Waals surface area (Å²) in [6.45, 7) is 3.90. The van der Waals surface area contributed by atoms with Gasteiger partial charge in [-0.25, -0.2) is 4.98 Å². The lowest BCUT2D eigenvalue weighted by molar-refractivity contribution is 0.0945. The average Bonchev–Trinajstić information content (AvgIpc) is 2.92. The Balaban J connectivity index is 2.18. The van der Waals surface area contributed by atoms with E-state index in [0.29, 0.717) is 5.56 Å². The van der Waals surface area contributed by atoms with Crippen molar-refractivity contribution in [1.29, 1.82) is 0 Å². The quantitative estimate of drug-likeness (QED) is 0.808. The summed E-state index contributed by atoms with van der Waals surface area (Å²) in [7, 11) is 1.86. The molecule has 0 spiro atoms. The molecule has 0 saturated carbocycles. The molecule has 22 heavy (non-hydrogen) atoms. The predicted molar refractivity (Wildman–Crippen MR) is 86.5 cm³/mol. The molecule has 3 aromatic rings. The average molecular weight is 294 g/mol. The molecule has 5 nitrogen and oxygen atoms in total. The number of nitrogens with one attached hydrogen (secondary N) is 1. The standard InChI is InChI=1S/C17H18N4O/c1-11(2)19-17(22)14-8-16(12-9-18-21(3)10-12)20-15-7-5-4-6-13(14)15/h4-11H,1-3H3,(H,19,22). The van der Waals surface area contributed by atoms with Crippen LogP contribution in [-0.2, 0) is 7.05 Å². The minimum absolute atomic E-state index is 0.0845. The third kappa shape index (κ3) is 2.70. The van der Waals surface area contributed by atoms with E-state index in [4.69, 9.17) is 0 Å². The van der Waals surface area contributed by atoms with E-state index in [9.17, 15) is 4.79 Å². The van der Waals surface area contributed by atoms with Crippen LogP contribution in [0, 0.1) is 0 Å². The van der Waals surface area contributed by atoms with Crippen LogP contribution in [0.4, 0.5) is 0 Å². The van der Waals surface area contributed by atoms with Crippen molar-refractivity contribution in [2.24, 2.45) is 7.05 Å². The minimum atomic E-state index is -0.0845. The van der Waals surface area contributed by atoms with Gasteiger partial charge in [0.05, 0.1) is 23.0 Å². The number of pyridine rings is 1. The van der Waals surface area contributed by atoms with Gasteiger partial charge in [0, 0.05) is 30.2 Å². The first kappa shape index (κ1) is 14.3. The van der Waals surface area contributed by atoms with E-state index < -0.39 is 0 Å². The number of carbonyl (C=O) groups excluding carboxylic acids is 1. The Kier molecular flexibility index (Phi) is 3.63. The number of aromatic nitrogens is 3. The molecule has 112 valence electrons. The number of aryl methyl sites for hydroxylation is 1. The number of hydrogen-bond acceptors (Lipinski definition) is 3. The fourth-order valence-corrected chi connectivity index (χ4v) is 2.40. The number of carbonyl (C=O) groups is 1. The van der Waals surface area contributed by atoms with Gasteiger partial charge in [-0.15, -0.1) is 0 Å². The van der Waals surface area contributed by atoms with Gasteiger partial charge in [0.2, 0.25) is 0 Å². The Bertz CT molecular complexity index is 836. The first-order chi connectivity index (χ1) is 10.5. The van der Waals surface area contributed by atoms with Crippen molar-refractivity contribution in [1.82, 2.24) is 20.1 Å². The summed E-state index contributed by atoms with van der Waals surface area (Å²) in [6.07, 6.45) is 3.64. The van der Waals surface area contributed by atoms with Gasteiger partial charge in [0.1, 0.15) is 0 Å². The summed E-state index contributed by atoms with van der Waals surface area (Å²) in [5.41, 5.74) is 3.09. The highest BCUT2D eigenvalue weighted by molar-refractivity contribution is 6.07. The van der Waals surface area contributed by atoms with Gasteiger partial charge in [-0.3, -0.25) is 9.48 Å². The van der Waals surface area contributed by atoms with Crippen LogP contribution in [0.25, 0.3) is 22.2 Å². The fraction of sp³-hybridized carbons (Fsp3) is 0.235. The van der Waals surface area contributed by atoms with E-state index in [1.165, 1.54) is 0 Å². The highest BCUT2D eigenvalue weighted by atomic mass is 16.1. The molecule has 2 aromatic heterocycles. The molecule has 2 heterocycles. The molecular weight excluding hydrogens is 276 g/mol. The molecule has 0 aliphatic heterocycles. The van der Waals surface area contributed by atoms with Crippen LogP contribution in [0.15, 0.2) is 42.7 Å². The number of fused-ring (bicyclic) bond motifs is 1. The summed E-state index contributed by atoms with van der Waals surface area (Å²) in [5.74, 6) is -0.0845. The van der Waals surface area contributed by atoms with Crippen LogP contribution in [-0.4, -0.2) is 26.7 Å². The van der Waals surface area contributed by atoms with E-state index in [1.807, 2.05) is 57.4 Å². The molecule has 0 unspecified atom stereocenters. The molecule has 0 fully saturated rings. The monoisotopic (exact) mass is 294 g/mol. The predicted octanol–water partition coefficient (Wildman–Crippen LogP) is 2.77. The van der Waals surface area contributed by atoms with Crippen LogP contribution in [0.2, 0.25) is 0 Å². The summed E-state index contributed by atoms with van der Waals surface area (Å²) < 4.78 is 1.72. The minimum Gasteiger partial charge on any atom is -0.350 e. The first-order valence-electron chi connectivity index (χ1n) is 7.24. The van der Waals surface area contributed by atoms with Crippen LogP contribution in [0.1, 0.15) is 24.2 Å². The maximum atomic E-state index is 12.5. The zero-order chi connectivity index (χ0) is 15.7. The first-order valence-corrected chi connectivity index (χ1v) is 7.24. The molecule has 0 aliphatic rings. The van der Waals surface area contributed by atoms with E-state index in [2.05, 4.69) is 15.4 Å². The molecule has 0 atom stereocenters. The summed E-state index contributed by atoms with van der Waals surface area (Å²) in [5, 5.41) is 7.97. The summed E-state index contributed by atoms with van der Waals surface area (Å²) in [6, 6.07) is 9.59. The molecule has 0 radical (unpaired) electrons. The van der Waals surface area contributed by atoms with Gasteiger partial charge in [-0.05, 0) is 26.0 Å². The molecule has 1 N–H and O–H groups in total. The smallest absolute Gasteiger partial charge is 0.252 e. The number of para-hydroxylation sites is 1. The van der Waals surface area contributed by atoms with E-state index in [1.54, 1.807) is 10.9 Å². The van der Waals surface area contributed by atoms with Crippen molar-refractivity contribution in [2.45, 2.75) is 19.9 Å². The third-order valence-electron chi connectivity index (χ3n) is 3.38. The van der Waals surface area contributed by atoms with Crippen LogP contribution < -0.4 is 5.32 Å². The van der Waals surface area contributed by atoms with Crippen molar-refractivity contribution in [2.75, 3.05) is 0 Å². The fourth-order valence-electron chi connectivity index (χ4n) is 2.40. The lowest BCUT2D eigenvalue weighted by Gasteiger charge is -2.11. The molecule has 5 heteroatoms. The molecule has 0 saturated heterocycles. The second-order valence-corrected chi connectivity index (χ2v) is 5.60. The Morgan fingerprint density at radius 2 is 2.05 bits per heavy atom. The van der Waals surface area contributed by atoms with Crippen molar-refractivity contribution in [3.05, 3.63) is 48.3 Å². The molecular formula is C17H18N4O. The molecule has 0 aliphatic carbocycles. The lowest BCUT2D eigenvalue weighted by atomic mass is 10.0. The zero-order valence-electron chi connectivity index (χ0n) is 12.9. The Hall–Kier alpha value is -2.69. The van der Waals surface area contributed by atoms with E-state index in [-0.39, 0.29) is 11.9 Å². The molecule has 1 amide bonds. The Morgan fingerprint density at radius 3 is 2.73 bits per heavy atom. The highest BCUT2D eigenvalue weighted by Crippen LogP contribution is 2.24. The Morgan fingerprint density at radius 1 is 1.27 bits per heavy atom. The summed E-state index contributed by atoms with van der Waals surface area (Å²) in [4.78, 5) is 17.1. The van der Waals surface area contributed by atoms with Gasteiger partial charge in [-0.2, -0.15) is 5.10 Å². The third-order valence-corrected chi connectivity index (χ3v) is 3.38. The second kappa shape index (κ2) is 5.60. The highest BCUT2D eigenvalue weighted by Gasteiger charge is 2.15. The summed E-state index contributed by atoms with van der Waals surface area (Å²) >= 11 is 0. The number of nitrogens with zero attached hydrogens (tertiary/aromatic N) is 3. The van der Waals surface area contributed by atoms with Crippen molar-refractivity contribution >= 4 is 16.8 Å². The maximum Gasteiger partial charge on any atom is 0.252 e. The van der Waals surface area contributed by atoms with Crippen LogP contribution in [0.3, 0.4) is 0 Å². The van der Waals surface area contributed by atoms with E-state index in [0.717, 1.165) is 22.2 Å². The van der Waals surface area contributed by atoms with Gasteiger partial charge in [0.15, 0.2) is 0 Å². The van der Waals surface area contributed by atoms with Gasteiger partial charge < -0.3 is 5.32 Å². The lowest BCUT2D eigenvalue weighted by Crippen LogP contribution is -2.30. The second-order valence-electron chi connectivity index (χ2n) is 5.60. The normalized spacial score (nSPS) is 11.1. The molecule has 3 rings (SSSR count). The van der Waals surface area contributed by atoms with E-state index >= 15 is 0 Å². The van der Waals surface area contributed by atoms with Crippen molar-refractivity contribution in [3.8, 4) is 11.3 Å².